The third-order valence-corrected chi connectivity index (χ3v) is 3.22. The van der Waals surface area contributed by atoms with Crippen molar-refractivity contribution in [3.05, 3.63) is 18.1 Å². The fourth-order valence-electron chi connectivity index (χ4n) is 2.11. The first-order valence-corrected chi connectivity index (χ1v) is 7.02. The molecular formula is C14H22N4O. The fourth-order valence-corrected chi connectivity index (χ4v) is 2.11. The van der Waals surface area contributed by atoms with Gasteiger partial charge in [-0.2, -0.15) is 0 Å². The molecule has 1 saturated heterocycles. The van der Waals surface area contributed by atoms with Crippen LogP contribution in [0.2, 0.25) is 0 Å². The zero-order valence-electron chi connectivity index (χ0n) is 11.7. The largest absolute Gasteiger partial charge is 0.355 e. The highest BCUT2D eigenvalue weighted by Crippen LogP contribution is 2.16. The Morgan fingerprint density at radius 3 is 2.58 bits per heavy atom. The predicted octanol–water partition coefficient (Wildman–Crippen LogP) is 1.85. The van der Waals surface area contributed by atoms with Crippen LogP contribution >= 0.6 is 0 Å². The summed E-state index contributed by atoms with van der Waals surface area (Å²) in [5.41, 5.74) is 0.390. The molecule has 0 bridgehead atoms. The van der Waals surface area contributed by atoms with E-state index in [2.05, 4.69) is 34.0 Å². The van der Waals surface area contributed by atoms with Crippen LogP contribution in [-0.4, -0.2) is 35.5 Å². The summed E-state index contributed by atoms with van der Waals surface area (Å²) in [5, 5.41) is 2.84. The zero-order chi connectivity index (χ0) is 13.7. The van der Waals surface area contributed by atoms with E-state index < -0.39 is 0 Å². The molecule has 5 nitrogen and oxygen atoms in total. The third kappa shape index (κ3) is 3.91. The van der Waals surface area contributed by atoms with Gasteiger partial charge in [-0.15, -0.1) is 0 Å². The Morgan fingerprint density at radius 1 is 1.26 bits per heavy atom. The molecule has 5 heteroatoms. The van der Waals surface area contributed by atoms with E-state index in [9.17, 15) is 4.79 Å². The standard InChI is InChI=1S/C14H22N4O/c1-11(2)8-17-14(19)12-9-16-13(10-15-12)18-6-4-3-5-7-18/h9-11H,3-8H2,1-2H3,(H,17,19). The lowest BCUT2D eigenvalue weighted by molar-refractivity contribution is 0.0943. The van der Waals surface area contributed by atoms with E-state index in [0.29, 0.717) is 18.2 Å². The van der Waals surface area contributed by atoms with Gasteiger partial charge in [-0.25, -0.2) is 9.97 Å². The number of piperidine rings is 1. The molecule has 1 aromatic heterocycles. The Hall–Kier alpha value is -1.65. The second-order valence-electron chi connectivity index (χ2n) is 5.41. The Bertz CT molecular complexity index is 410. The number of nitrogens with one attached hydrogen (secondary N) is 1. The Labute approximate surface area is 114 Å². The van der Waals surface area contributed by atoms with Crippen molar-refractivity contribution >= 4 is 11.7 Å². The monoisotopic (exact) mass is 262 g/mol. The summed E-state index contributed by atoms with van der Waals surface area (Å²) in [6.45, 7) is 6.85. The minimum atomic E-state index is -0.147. The minimum absolute atomic E-state index is 0.147. The summed E-state index contributed by atoms with van der Waals surface area (Å²) >= 11 is 0. The van der Waals surface area contributed by atoms with Gasteiger partial charge in [-0.1, -0.05) is 13.8 Å². The zero-order valence-corrected chi connectivity index (χ0v) is 11.7. The maximum atomic E-state index is 11.8. The molecule has 0 saturated carbocycles. The van der Waals surface area contributed by atoms with Gasteiger partial charge in [0.25, 0.3) is 5.91 Å². The number of anilines is 1. The molecule has 1 aliphatic heterocycles. The molecule has 2 rings (SSSR count). The van der Waals surface area contributed by atoms with E-state index in [1.165, 1.54) is 19.3 Å². The summed E-state index contributed by atoms with van der Waals surface area (Å²) in [6, 6.07) is 0. The molecule has 19 heavy (non-hydrogen) atoms. The van der Waals surface area contributed by atoms with Gasteiger partial charge in [0.15, 0.2) is 0 Å². The minimum Gasteiger partial charge on any atom is -0.355 e. The van der Waals surface area contributed by atoms with Crippen molar-refractivity contribution in [1.82, 2.24) is 15.3 Å². The number of hydrogen-bond donors (Lipinski definition) is 1. The van der Waals surface area contributed by atoms with E-state index in [-0.39, 0.29) is 5.91 Å². The van der Waals surface area contributed by atoms with Crippen LogP contribution in [0.4, 0.5) is 5.82 Å². The van der Waals surface area contributed by atoms with Gasteiger partial charge >= 0.3 is 0 Å². The molecule has 0 unspecified atom stereocenters. The van der Waals surface area contributed by atoms with Gasteiger partial charge in [-0.05, 0) is 25.2 Å². The summed E-state index contributed by atoms with van der Waals surface area (Å²) in [7, 11) is 0. The number of aromatic nitrogens is 2. The van der Waals surface area contributed by atoms with E-state index in [1.54, 1.807) is 12.4 Å². The van der Waals surface area contributed by atoms with Gasteiger partial charge < -0.3 is 10.2 Å². The smallest absolute Gasteiger partial charge is 0.271 e. The molecular weight excluding hydrogens is 240 g/mol. The maximum Gasteiger partial charge on any atom is 0.271 e. The van der Waals surface area contributed by atoms with Gasteiger partial charge in [-0.3, -0.25) is 4.79 Å². The molecule has 0 aromatic carbocycles. The van der Waals surface area contributed by atoms with Crippen LogP contribution in [0.1, 0.15) is 43.6 Å². The van der Waals surface area contributed by atoms with Crippen molar-refractivity contribution in [2.45, 2.75) is 33.1 Å². The summed E-state index contributed by atoms with van der Waals surface area (Å²) in [5.74, 6) is 1.16. The van der Waals surface area contributed by atoms with Crippen molar-refractivity contribution in [3.63, 3.8) is 0 Å². The third-order valence-electron chi connectivity index (χ3n) is 3.22. The molecule has 0 atom stereocenters. The van der Waals surface area contributed by atoms with Crippen molar-refractivity contribution in [3.8, 4) is 0 Å². The first kappa shape index (κ1) is 13.8. The first-order valence-electron chi connectivity index (χ1n) is 7.02. The Balaban J connectivity index is 1.95. The van der Waals surface area contributed by atoms with Crippen LogP contribution in [-0.2, 0) is 0 Å². The number of rotatable bonds is 4. The number of nitrogens with zero attached hydrogens (tertiary/aromatic N) is 3. The number of hydrogen-bond acceptors (Lipinski definition) is 4. The van der Waals surface area contributed by atoms with Crippen LogP contribution in [0.15, 0.2) is 12.4 Å². The van der Waals surface area contributed by atoms with Gasteiger partial charge in [0.05, 0.1) is 12.4 Å². The fraction of sp³-hybridized carbons (Fsp3) is 0.643. The second-order valence-corrected chi connectivity index (χ2v) is 5.41. The predicted molar refractivity (Wildman–Crippen MR) is 75.3 cm³/mol. The summed E-state index contributed by atoms with van der Waals surface area (Å²) in [4.78, 5) is 22.6. The second kappa shape index (κ2) is 6.50. The topological polar surface area (TPSA) is 58.1 Å². The number of carbonyl (C=O) groups excluding carboxylic acids is 1. The van der Waals surface area contributed by atoms with Crippen LogP contribution in [0.25, 0.3) is 0 Å². The maximum absolute atomic E-state index is 11.8. The quantitative estimate of drug-likeness (QED) is 0.899. The van der Waals surface area contributed by atoms with E-state index in [1.807, 2.05) is 0 Å². The van der Waals surface area contributed by atoms with Gasteiger partial charge in [0, 0.05) is 19.6 Å². The van der Waals surface area contributed by atoms with Crippen molar-refractivity contribution in [2.75, 3.05) is 24.5 Å². The van der Waals surface area contributed by atoms with E-state index in [0.717, 1.165) is 18.9 Å². The molecule has 1 aromatic rings. The number of amides is 1. The van der Waals surface area contributed by atoms with Crippen molar-refractivity contribution < 1.29 is 4.79 Å². The SMILES string of the molecule is CC(C)CNC(=O)c1cnc(N2CCCCC2)cn1. The van der Waals surface area contributed by atoms with Crippen LogP contribution in [0, 0.1) is 5.92 Å². The van der Waals surface area contributed by atoms with Crippen molar-refractivity contribution in [1.29, 1.82) is 0 Å². The van der Waals surface area contributed by atoms with Gasteiger partial charge in [0.2, 0.25) is 0 Å². The molecule has 2 heterocycles. The first-order chi connectivity index (χ1) is 9.16. The highest BCUT2D eigenvalue weighted by Gasteiger charge is 2.14. The molecule has 1 amide bonds. The average molecular weight is 262 g/mol. The molecule has 1 aliphatic rings. The average Bonchev–Trinajstić information content (AvgIpc) is 2.46. The number of carbonyl (C=O) groups is 1. The molecule has 1 N–H and O–H groups in total. The molecule has 1 fully saturated rings. The lowest BCUT2D eigenvalue weighted by atomic mass is 10.1. The van der Waals surface area contributed by atoms with Crippen molar-refractivity contribution in [2.24, 2.45) is 5.92 Å². The highest BCUT2D eigenvalue weighted by molar-refractivity contribution is 5.91. The van der Waals surface area contributed by atoms with E-state index in [4.69, 9.17) is 0 Å². The van der Waals surface area contributed by atoms with Gasteiger partial charge in [0.1, 0.15) is 11.5 Å². The van der Waals surface area contributed by atoms with Crippen LogP contribution < -0.4 is 10.2 Å². The summed E-state index contributed by atoms with van der Waals surface area (Å²) in [6.07, 6.45) is 6.98. The lowest BCUT2D eigenvalue weighted by Crippen LogP contribution is -2.31. The van der Waals surface area contributed by atoms with E-state index >= 15 is 0 Å². The normalized spacial score (nSPS) is 15.6. The molecule has 104 valence electrons. The van der Waals surface area contributed by atoms with Crippen LogP contribution in [0.5, 0.6) is 0 Å². The highest BCUT2D eigenvalue weighted by atomic mass is 16.1. The molecule has 0 radical (unpaired) electrons. The molecule has 0 spiro atoms. The Kier molecular flexibility index (Phi) is 4.71. The summed E-state index contributed by atoms with van der Waals surface area (Å²) < 4.78 is 0. The van der Waals surface area contributed by atoms with Crippen LogP contribution in [0.3, 0.4) is 0 Å². The lowest BCUT2D eigenvalue weighted by Gasteiger charge is -2.27. The molecule has 0 aliphatic carbocycles. The Morgan fingerprint density at radius 2 is 2.00 bits per heavy atom.